The van der Waals surface area contributed by atoms with E-state index in [4.69, 9.17) is 0 Å². The lowest BCUT2D eigenvalue weighted by Crippen LogP contribution is -2.50. The van der Waals surface area contributed by atoms with Gasteiger partial charge >= 0.3 is 0 Å². The lowest BCUT2D eigenvalue weighted by atomic mass is 9.90. The predicted molar refractivity (Wildman–Crippen MR) is 171 cm³/mol. The van der Waals surface area contributed by atoms with Gasteiger partial charge in [0.2, 0.25) is 5.91 Å². The number of carbonyl (C=O) groups is 2. The number of rotatable bonds is 9. The molecule has 2 heterocycles. The van der Waals surface area contributed by atoms with Gasteiger partial charge in [-0.05, 0) is 64.6 Å². The minimum absolute atomic E-state index is 0.0529. The zero-order valence-electron chi connectivity index (χ0n) is 24.1. The van der Waals surface area contributed by atoms with Gasteiger partial charge in [0, 0.05) is 49.6 Å². The second-order valence-corrected chi connectivity index (χ2v) is 11.2. The van der Waals surface area contributed by atoms with Crippen LogP contribution in [-0.2, 0) is 11.2 Å². The number of fused-ring (bicyclic) bond motifs is 1. The maximum atomic E-state index is 14.1. The summed E-state index contributed by atoms with van der Waals surface area (Å²) in [5.41, 5.74) is 4.04. The summed E-state index contributed by atoms with van der Waals surface area (Å²) in [6.07, 6.45) is 4.80. The first-order chi connectivity index (χ1) is 21.1. The van der Waals surface area contributed by atoms with Gasteiger partial charge in [0.1, 0.15) is 0 Å². The molecule has 1 saturated heterocycles. The van der Waals surface area contributed by atoms with Crippen LogP contribution >= 0.6 is 0 Å². The molecule has 6 heteroatoms. The van der Waals surface area contributed by atoms with E-state index in [2.05, 4.69) is 64.1 Å². The normalized spacial score (nSPS) is 17.1. The smallest absolute Gasteiger partial charge is 0.251 e. The van der Waals surface area contributed by atoms with Gasteiger partial charge < -0.3 is 15.5 Å². The lowest BCUT2D eigenvalue weighted by molar-refractivity contribution is -0.132. The number of hydrogen-bond acceptors (Lipinski definition) is 4. The molecule has 216 valence electrons. The monoisotopic (exact) mass is 568 g/mol. The summed E-state index contributed by atoms with van der Waals surface area (Å²) in [4.78, 5) is 33.4. The van der Waals surface area contributed by atoms with Crippen LogP contribution in [0.1, 0.15) is 39.4 Å². The summed E-state index contributed by atoms with van der Waals surface area (Å²) < 4.78 is 0. The number of nitrogens with one attached hydrogen (secondary N) is 2. The van der Waals surface area contributed by atoms with Crippen LogP contribution in [0.2, 0.25) is 0 Å². The summed E-state index contributed by atoms with van der Waals surface area (Å²) in [5.74, 6) is 0.0213. The molecule has 4 aromatic carbocycles. The first kappa shape index (κ1) is 28.3. The number of pyridine rings is 1. The molecule has 0 bridgehead atoms. The molecule has 1 aromatic heterocycles. The fourth-order valence-electron chi connectivity index (χ4n) is 5.97. The fourth-order valence-corrected chi connectivity index (χ4v) is 5.97. The van der Waals surface area contributed by atoms with E-state index in [-0.39, 0.29) is 23.8 Å². The summed E-state index contributed by atoms with van der Waals surface area (Å²) in [7, 11) is 0. The maximum absolute atomic E-state index is 14.1. The van der Waals surface area contributed by atoms with Crippen molar-refractivity contribution in [2.75, 3.05) is 19.6 Å². The van der Waals surface area contributed by atoms with Crippen molar-refractivity contribution in [3.63, 3.8) is 0 Å². The van der Waals surface area contributed by atoms with Gasteiger partial charge in [0.25, 0.3) is 5.91 Å². The van der Waals surface area contributed by atoms with Gasteiger partial charge in [-0.15, -0.1) is 0 Å². The average Bonchev–Trinajstić information content (AvgIpc) is 3.21. The molecule has 2 atom stereocenters. The van der Waals surface area contributed by atoms with Crippen molar-refractivity contribution in [2.24, 2.45) is 0 Å². The van der Waals surface area contributed by atoms with E-state index in [9.17, 15) is 9.59 Å². The number of nitrogens with zero attached hydrogens (tertiary/aromatic N) is 2. The third kappa shape index (κ3) is 6.99. The van der Waals surface area contributed by atoms with Crippen molar-refractivity contribution in [3.05, 3.63) is 150 Å². The van der Waals surface area contributed by atoms with E-state index < -0.39 is 6.04 Å². The summed E-state index contributed by atoms with van der Waals surface area (Å²) in [5, 5.41) is 8.87. The molecule has 0 radical (unpaired) electrons. The molecule has 0 aliphatic carbocycles. The average molecular weight is 569 g/mol. The second kappa shape index (κ2) is 13.4. The van der Waals surface area contributed by atoms with Crippen molar-refractivity contribution >= 4 is 22.6 Å². The Morgan fingerprint density at radius 1 is 0.837 bits per heavy atom. The highest BCUT2D eigenvalue weighted by molar-refractivity contribution is 5.98. The zero-order chi connectivity index (χ0) is 29.4. The first-order valence-electron chi connectivity index (χ1n) is 14.9. The quantitative estimate of drug-likeness (QED) is 0.243. The number of aromatic nitrogens is 1. The Labute approximate surface area is 252 Å². The fraction of sp³-hybridized carbons (Fsp3) is 0.216. The molecule has 5 aromatic rings. The standard InChI is InChI=1S/C37H36N4O2/c42-36(32-16-15-28-9-7-8-14-31(28)24-32)39-25-33-19-22-41(37(43)35(40-33)23-27-17-20-38-21-18-27)26-34(29-10-3-1-4-11-29)30-12-5-2-6-13-30/h1-18,20-21,24,33-35,40H,19,22-23,25-26H2,(H,39,42)/t33-,35?/m0/s1. The van der Waals surface area contributed by atoms with Crippen LogP contribution in [0.25, 0.3) is 10.8 Å². The van der Waals surface area contributed by atoms with Crippen molar-refractivity contribution in [3.8, 4) is 0 Å². The van der Waals surface area contributed by atoms with Crippen LogP contribution in [0.5, 0.6) is 0 Å². The molecule has 1 unspecified atom stereocenters. The second-order valence-electron chi connectivity index (χ2n) is 11.2. The lowest BCUT2D eigenvalue weighted by Gasteiger charge is -2.29. The minimum Gasteiger partial charge on any atom is -0.350 e. The van der Waals surface area contributed by atoms with E-state index in [1.54, 1.807) is 12.4 Å². The molecule has 1 aliphatic rings. The number of amides is 2. The summed E-state index contributed by atoms with van der Waals surface area (Å²) >= 11 is 0. The Bertz CT molecular complexity index is 1620. The van der Waals surface area contributed by atoms with E-state index >= 15 is 0 Å². The molecule has 0 saturated carbocycles. The van der Waals surface area contributed by atoms with Gasteiger partial charge in [-0.25, -0.2) is 0 Å². The van der Waals surface area contributed by atoms with Gasteiger partial charge in [-0.3, -0.25) is 14.6 Å². The number of hydrogen-bond donors (Lipinski definition) is 2. The molecule has 2 amide bonds. The molecule has 6 rings (SSSR count). The van der Waals surface area contributed by atoms with Crippen LogP contribution in [-0.4, -0.2) is 53.4 Å². The van der Waals surface area contributed by atoms with E-state index in [1.807, 2.05) is 71.6 Å². The molecular weight excluding hydrogens is 532 g/mol. The van der Waals surface area contributed by atoms with Crippen molar-refractivity contribution < 1.29 is 9.59 Å². The highest BCUT2D eigenvalue weighted by Crippen LogP contribution is 2.27. The third-order valence-corrected chi connectivity index (χ3v) is 8.31. The molecule has 6 nitrogen and oxygen atoms in total. The predicted octanol–water partition coefficient (Wildman–Crippen LogP) is 5.60. The molecule has 43 heavy (non-hydrogen) atoms. The Kier molecular flexibility index (Phi) is 8.85. The maximum Gasteiger partial charge on any atom is 0.251 e. The highest BCUT2D eigenvalue weighted by Gasteiger charge is 2.33. The first-order valence-corrected chi connectivity index (χ1v) is 14.9. The molecule has 1 fully saturated rings. The number of carbonyl (C=O) groups excluding carboxylic acids is 2. The summed E-state index contributed by atoms with van der Waals surface area (Å²) in [6.45, 7) is 1.61. The SMILES string of the molecule is O=C(NC[C@@H]1CCN(CC(c2ccccc2)c2ccccc2)C(=O)C(Cc2ccncc2)N1)c1ccc2ccccc2c1. The zero-order valence-corrected chi connectivity index (χ0v) is 24.1. The molecule has 1 aliphatic heterocycles. The van der Waals surface area contributed by atoms with Crippen LogP contribution in [0.15, 0.2) is 128 Å². The Balaban J connectivity index is 1.21. The van der Waals surface area contributed by atoms with Crippen molar-refractivity contribution in [1.29, 1.82) is 0 Å². The van der Waals surface area contributed by atoms with Crippen molar-refractivity contribution in [1.82, 2.24) is 20.5 Å². The Hall–Kier alpha value is -4.81. The Morgan fingerprint density at radius 2 is 1.49 bits per heavy atom. The minimum atomic E-state index is -0.417. The van der Waals surface area contributed by atoms with E-state index in [0.29, 0.717) is 31.6 Å². The van der Waals surface area contributed by atoms with Crippen LogP contribution in [0, 0.1) is 0 Å². The van der Waals surface area contributed by atoms with Gasteiger partial charge in [0.15, 0.2) is 0 Å². The van der Waals surface area contributed by atoms with Crippen LogP contribution in [0.3, 0.4) is 0 Å². The van der Waals surface area contributed by atoms with Crippen LogP contribution < -0.4 is 10.6 Å². The van der Waals surface area contributed by atoms with E-state index in [1.165, 1.54) is 11.1 Å². The largest absolute Gasteiger partial charge is 0.350 e. The van der Waals surface area contributed by atoms with Gasteiger partial charge in [-0.2, -0.15) is 0 Å². The molecule has 0 spiro atoms. The van der Waals surface area contributed by atoms with Gasteiger partial charge in [-0.1, -0.05) is 91.0 Å². The topological polar surface area (TPSA) is 74.3 Å². The van der Waals surface area contributed by atoms with Crippen LogP contribution in [0.4, 0.5) is 0 Å². The number of benzene rings is 4. The Morgan fingerprint density at radius 3 is 2.19 bits per heavy atom. The van der Waals surface area contributed by atoms with Crippen molar-refractivity contribution in [2.45, 2.75) is 30.8 Å². The molecular formula is C37H36N4O2. The third-order valence-electron chi connectivity index (χ3n) is 8.31. The van der Waals surface area contributed by atoms with E-state index in [0.717, 1.165) is 22.8 Å². The highest BCUT2D eigenvalue weighted by atomic mass is 16.2. The van der Waals surface area contributed by atoms with Gasteiger partial charge in [0.05, 0.1) is 6.04 Å². The summed E-state index contributed by atoms with van der Waals surface area (Å²) in [6, 6.07) is 38.0. The molecule has 2 N–H and O–H groups in total.